The van der Waals surface area contributed by atoms with Crippen LogP contribution in [0.15, 0.2) is 53.8 Å². The summed E-state index contributed by atoms with van der Waals surface area (Å²) < 4.78 is 53.1. The molecule has 0 aliphatic carbocycles. The monoisotopic (exact) mass is 843 g/mol. The van der Waals surface area contributed by atoms with Crippen molar-refractivity contribution in [2.24, 2.45) is 5.73 Å². The third-order valence-electron chi connectivity index (χ3n) is 8.85. The fraction of sp³-hybridized carbons (Fsp3) is 0.513. The van der Waals surface area contributed by atoms with Crippen LogP contribution in [0.2, 0.25) is 0 Å². The Bertz CT molecular complexity index is 2000. The number of carbonyl (C=O) groups excluding carboxylic acids is 2. The number of carboxylic acids is 1. The van der Waals surface area contributed by atoms with Gasteiger partial charge in [-0.2, -0.15) is 9.82 Å². The van der Waals surface area contributed by atoms with Gasteiger partial charge in [0.15, 0.2) is 5.95 Å². The van der Waals surface area contributed by atoms with Crippen molar-refractivity contribution in [3.8, 4) is 5.75 Å². The van der Waals surface area contributed by atoms with Gasteiger partial charge in [0, 0.05) is 69.2 Å². The minimum Gasteiger partial charge on any atom is -0.494 e. The lowest BCUT2D eigenvalue weighted by Crippen LogP contribution is -2.48. The van der Waals surface area contributed by atoms with E-state index in [-0.39, 0.29) is 29.4 Å². The second kappa shape index (κ2) is 24.7. The highest BCUT2D eigenvalue weighted by molar-refractivity contribution is 7.89. The molecular formula is C39H57N9O10S. The number of sulfonamides is 1. The van der Waals surface area contributed by atoms with Crippen molar-refractivity contribution in [2.45, 2.75) is 63.4 Å². The largest absolute Gasteiger partial charge is 0.494 e. The van der Waals surface area contributed by atoms with E-state index in [4.69, 9.17) is 24.7 Å². The maximum absolute atomic E-state index is 13.5. The van der Waals surface area contributed by atoms with E-state index in [1.807, 2.05) is 4.68 Å². The van der Waals surface area contributed by atoms with Gasteiger partial charge in [-0.25, -0.2) is 13.4 Å². The predicted octanol–water partition coefficient (Wildman–Crippen LogP) is 2.10. The van der Waals surface area contributed by atoms with Crippen molar-refractivity contribution >= 4 is 44.7 Å². The van der Waals surface area contributed by atoms with Gasteiger partial charge in [0.2, 0.25) is 15.9 Å². The number of hydrogen-bond acceptors (Lipinski definition) is 13. The van der Waals surface area contributed by atoms with Crippen molar-refractivity contribution < 1.29 is 46.9 Å². The number of carbonyl (C=O) groups is 3. The molecule has 0 saturated heterocycles. The van der Waals surface area contributed by atoms with Crippen molar-refractivity contribution in [3.63, 3.8) is 0 Å². The minimum atomic E-state index is -4.34. The van der Waals surface area contributed by atoms with Crippen LogP contribution >= 0.6 is 0 Å². The first-order valence-electron chi connectivity index (χ1n) is 19.6. The van der Waals surface area contributed by atoms with E-state index < -0.39 is 34.5 Å². The summed E-state index contributed by atoms with van der Waals surface area (Å²) in [6.45, 7) is 8.33. The van der Waals surface area contributed by atoms with Crippen LogP contribution in [0.4, 0.5) is 5.95 Å². The van der Waals surface area contributed by atoms with E-state index >= 15 is 0 Å². The third kappa shape index (κ3) is 15.9. The number of imidazole rings is 1. The first-order valence-corrected chi connectivity index (χ1v) is 21.1. The number of aliphatic carboxylic acids is 1. The second-order valence-corrected chi connectivity index (χ2v) is 15.3. The average molecular weight is 844 g/mol. The lowest BCUT2D eigenvalue weighted by Gasteiger charge is -2.19. The number of benzene rings is 2. The van der Waals surface area contributed by atoms with E-state index in [2.05, 4.69) is 35.7 Å². The zero-order valence-corrected chi connectivity index (χ0v) is 34.5. The van der Waals surface area contributed by atoms with E-state index in [1.54, 1.807) is 50.6 Å². The van der Waals surface area contributed by atoms with Crippen LogP contribution in [0, 0.1) is 13.8 Å². The number of aromatic amines is 1. The zero-order valence-electron chi connectivity index (χ0n) is 33.7. The number of ether oxygens (including phenoxy) is 4. The molecule has 20 heteroatoms. The molecule has 1 unspecified atom stereocenters. The summed E-state index contributed by atoms with van der Waals surface area (Å²) in [5.41, 5.74) is 7.17. The Morgan fingerprint density at radius 1 is 0.898 bits per heavy atom. The topological polar surface area (TPSA) is 263 Å². The van der Waals surface area contributed by atoms with Gasteiger partial charge < -0.3 is 50.7 Å². The number of nitrogens with one attached hydrogen (secondary N) is 5. The predicted molar refractivity (Wildman–Crippen MR) is 220 cm³/mol. The first-order chi connectivity index (χ1) is 28.5. The molecule has 19 nitrogen and oxygen atoms in total. The highest BCUT2D eigenvalue weighted by atomic mass is 32.2. The summed E-state index contributed by atoms with van der Waals surface area (Å²) in [5.74, 6) is -1.06. The van der Waals surface area contributed by atoms with Crippen molar-refractivity contribution in [1.29, 1.82) is 0 Å². The number of aromatic nitrogens is 4. The number of H-pyrrole nitrogens is 1. The molecular weight excluding hydrogens is 787 g/mol. The molecule has 4 aromatic rings. The molecule has 0 fully saturated rings. The maximum atomic E-state index is 13.5. The quantitative estimate of drug-likeness (QED) is 0.0371. The Morgan fingerprint density at radius 3 is 2.29 bits per heavy atom. The molecule has 4 rings (SSSR count). The number of hydrogen-bond donors (Lipinski definition) is 7. The molecule has 324 valence electrons. The smallest absolute Gasteiger partial charge is 0.323 e. The number of carboxylic acid groups (broad SMARTS) is 1. The van der Waals surface area contributed by atoms with Gasteiger partial charge in [0.25, 0.3) is 5.91 Å². The molecule has 2 aromatic carbocycles. The molecule has 0 saturated carbocycles. The number of nitrogens with two attached hydrogens (primary N) is 1. The Kier molecular flexibility index (Phi) is 19.5. The van der Waals surface area contributed by atoms with E-state index in [0.717, 1.165) is 23.7 Å². The summed E-state index contributed by atoms with van der Waals surface area (Å²) in [6.07, 6.45) is 7.98. The van der Waals surface area contributed by atoms with Crippen molar-refractivity contribution in [2.75, 3.05) is 77.7 Å². The Morgan fingerprint density at radius 2 is 1.61 bits per heavy atom. The Labute approximate surface area is 344 Å². The van der Waals surface area contributed by atoms with Crippen molar-refractivity contribution in [1.82, 2.24) is 35.1 Å². The van der Waals surface area contributed by atoms with E-state index in [0.29, 0.717) is 101 Å². The van der Waals surface area contributed by atoms with Crippen LogP contribution in [-0.2, 0) is 40.4 Å². The molecule has 1 atom stereocenters. The van der Waals surface area contributed by atoms with Gasteiger partial charge in [-0.1, -0.05) is 0 Å². The highest BCUT2D eigenvalue weighted by Gasteiger charge is 2.29. The van der Waals surface area contributed by atoms with Gasteiger partial charge in [-0.3, -0.25) is 19.1 Å². The summed E-state index contributed by atoms with van der Waals surface area (Å²) >= 11 is 0. The highest BCUT2D eigenvalue weighted by Crippen LogP contribution is 2.26. The maximum Gasteiger partial charge on any atom is 0.323 e. The molecule has 0 spiro atoms. The number of amides is 2. The number of rotatable bonds is 30. The van der Waals surface area contributed by atoms with Crippen LogP contribution in [-0.4, -0.2) is 130 Å². The first kappa shape index (κ1) is 46.6. The fourth-order valence-corrected chi connectivity index (χ4v) is 7.63. The van der Waals surface area contributed by atoms with Gasteiger partial charge in [-0.05, 0) is 87.5 Å². The lowest BCUT2D eigenvalue weighted by atomic mass is 10.1. The second-order valence-electron chi connectivity index (χ2n) is 13.6. The summed E-state index contributed by atoms with van der Waals surface area (Å²) in [5, 5.41) is 23.6. The lowest BCUT2D eigenvalue weighted by molar-refractivity contribution is -0.138. The minimum absolute atomic E-state index is 0.0961. The van der Waals surface area contributed by atoms with Crippen LogP contribution in [0.3, 0.4) is 0 Å². The number of anilines is 1. The van der Waals surface area contributed by atoms with E-state index in [1.165, 1.54) is 12.1 Å². The standard InChI is InChI=1S/C39H57N9O10S/c1-28-23-32(58-18-3-7-35(49)41-12-6-17-56-20-22-57-21-19-55-16-4-10-40)24-29(2)36(28)59(53,54)47-33(38(51)52)27-45-37(50)30-8-9-34-31(25-30)26-46-48(34)15-5-11-42-39-43-13-14-44-39/h8-9,13-14,23-26,33,47H,3-7,10-12,15-22,27,40H2,1-2H3,(H,41,49)(H,45,50)(H,51,52)(H2,42,43,44). The summed E-state index contributed by atoms with van der Waals surface area (Å²) in [6, 6.07) is 6.43. The molecule has 2 amide bonds. The number of fused-ring (bicyclic) bond motifs is 1. The van der Waals surface area contributed by atoms with Crippen LogP contribution in [0.5, 0.6) is 5.75 Å². The Balaban J connectivity index is 1.15. The number of nitrogens with zero attached hydrogens (tertiary/aromatic N) is 3. The molecule has 2 aromatic heterocycles. The molecule has 2 heterocycles. The normalized spacial score (nSPS) is 12.1. The van der Waals surface area contributed by atoms with Gasteiger partial charge in [-0.15, -0.1) is 0 Å². The number of aryl methyl sites for hydroxylation is 3. The molecule has 0 bridgehead atoms. The van der Waals surface area contributed by atoms with Crippen LogP contribution in [0.25, 0.3) is 10.9 Å². The SMILES string of the molecule is Cc1cc(OCCCC(=O)NCCCOCCOCCOCCCN)cc(C)c1S(=O)(=O)NC(CNC(=O)c1ccc2c(cnn2CCCNc2ncc[nH]2)c1)C(=O)O. The molecule has 0 aliphatic rings. The third-order valence-corrected chi connectivity index (χ3v) is 10.6. The van der Waals surface area contributed by atoms with Gasteiger partial charge in [0.1, 0.15) is 11.8 Å². The molecule has 59 heavy (non-hydrogen) atoms. The molecule has 8 N–H and O–H groups in total. The summed E-state index contributed by atoms with van der Waals surface area (Å²) in [7, 11) is -4.34. The molecule has 0 aliphatic heterocycles. The Hall–Kier alpha value is -5.12. The van der Waals surface area contributed by atoms with Crippen molar-refractivity contribution in [3.05, 3.63) is 65.6 Å². The fourth-order valence-electron chi connectivity index (χ4n) is 5.98. The summed E-state index contributed by atoms with van der Waals surface area (Å²) in [4.78, 5) is 44.4. The molecule has 0 radical (unpaired) electrons. The van der Waals surface area contributed by atoms with E-state index in [9.17, 15) is 27.9 Å². The van der Waals surface area contributed by atoms with Crippen LogP contribution < -0.4 is 31.1 Å². The van der Waals surface area contributed by atoms with Crippen LogP contribution in [0.1, 0.15) is 53.6 Å². The average Bonchev–Trinajstić information content (AvgIpc) is 3.88. The zero-order chi connectivity index (χ0) is 42.5. The van der Waals surface area contributed by atoms with Gasteiger partial charge >= 0.3 is 5.97 Å². The van der Waals surface area contributed by atoms with Gasteiger partial charge in [0.05, 0.1) is 49.6 Å².